The van der Waals surface area contributed by atoms with Crippen molar-refractivity contribution in [3.05, 3.63) is 82.5 Å². The Labute approximate surface area is 163 Å². The molecule has 140 valence electrons. The maximum Gasteiger partial charge on any atom is 0.248 e. The van der Waals surface area contributed by atoms with Crippen LogP contribution in [0.2, 0.25) is 0 Å². The minimum atomic E-state index is -0.437. The van der Waals surface area contributed by atoms with Crippen molar-refractivity contribution in [2.24, 2.45) is 5.73 Å². The number of primary amides is 1. The molecule has 0 bridgehead atoms. The third-order valence-corrected chi connectivity index (χ3v) is 5.04. The number of aryl methyl sites for hydroxylation is 1. The Hall–Kier alpha value is -3.47. The summed E-state index contributed by atoms with van der Waals surface area (Å²) in [4.78, 5) is 27.7. The molecule has 0 atom stereocenters. The molecule has 1 aliphatic carbocycles. The van der Waals surface area contributed by atoms with Gasteiger partial charge in [0, 0.05) is 34.9 Å². The van der Waals surface area contributed by atoms with E-state index < -0.39 is 5.91 Å². The number of benzene rings is 2. The first-order valence-electron chi connectivity index (χ1n) is 9.16. The largest absolute Gasteiger partial charge is 0.489 e. The van der Waals surface area contributed by atoms with Crippen molar-refractivity contribution in [1.29, 1.82) is 0 Å². The van der Waals surface area contributed by atoms with Crippen molar-refractivity contribution >= 4 is 11.7 Å². The molecule has 0 fully saturated rings. The van der Waals surface area contributed by atoms with Crippen LogP contribution >= 0.6 is 0 Å². The molecule has 2 aromatic carbocycles. The minimum Gasteiger partial charge on any atom is -0.489 e. The van der Waals surface area contributed by atoms with E-state index in [4.69, 9.17) is 10.5 Å². The van der Waals surface area contributed by atoms with Gasteiger partial charge in [0.1, 0.15) is 12.4 Å². The van der Waals surface area contributed by atoms with Gasteiger partial charge in [-0.1, -0.05) is 18.2 Å². The van der Waals surface area contributed by atoms with E-state index in [1.54, 1.807) is 12.3 Å². The van der Waals surface area contributed by atoms with Crippen molar-refractivity contribution in [2.45, 2.75) is 26.4 Å². The van der Waals surface area contributed by atoms with E-state index >= 15 is 0 Å². The first-order chi connectivity index (χ1) is 13.5. The van der Waals surface area contributed by atoms with Gasteiger partial charge in [0.05, 0.1) is 5.69 Å². The number of ketones is 1. The predicted octanol–water partition coefficient (Wildman–Crippen LogP) is 3.86. The number of nitrogens with two attached hydrogens (primary N) is 1. The Morgan fingerprint density at radius 3 is 2.79 bits per heavy atom. The summed E-state index contributed by atoms with van der Waals surface area (Å²) in [5.74, 6) is 0.512. The molecule has 0 radical (unpaired) electrons. The maximum atomic E-state index is 11.9. The van der Waals surface area contributed by atoms with E-state index in [-0.39, 0.29) is 5.78 Å². The van der Waals surface area contributed by atoms with Gasteiger partial charge in [-0.3, -0.25) is 14.6 Å². The molecule has 0 spiro atoms. The van der Waals surface area contributed by atoms with Crippen LogP contribution in [0.3, 0.4) is 0 Å². The van der Waals surface area contributed by atoms with Gasteiger partial charge >= 0.3 is 0 Å². The van der Waals surface area contributed by atoms with Crippen molar-refractivity contribution in [1.82, 2.24) is 4.98 Å². The Kier molecular flexibility index (Phi) is 4.65. The third-order valence-electron chi connectivity index (χ3n) is 5.04. The van der Waals surface area contributed by atoms with Crippen LogP contribution in [0.1, 0.15) is 43.8 Å². The molecule has 2 N–H and O–H groups in total. The molecule has 3 aromatic rings. The second kappa shape index (κ2) is 7.27. The maximum absolute atomic E-state index is 11.9. The van der Waals surface area contributed by atoms with Gasteiger partial charge in [-0.05, 0) is 54.8 Å². The smallest absolute Gasteiger partial charge is 0.248 e. The number of rotatable bonds is 5. The molecule has 5 nitrogen and oxygen atoms in total. The number of ether oxygens (including phenoxy) is 1. The highest BCUT2D eigenvalue weighted by Gasteiger charge is 2.22. The van der Waals surface area contributed by atoms with Gasteiger partial charge in [-0.2, -0.15) is 0 Å². The average Bonchev–Trinajstić information content (AvgIpc) is 3.08. The van der Waals surface area contributed by atoms with E-state index in [0.29, 0.717) is 18.6 Å². The molecule has 1 heterocycles. The van der Waals surface area contributed by atoms with Crippen LogP contribution in [0.5, 0.6) is 5.75 Å². The van der Waals surface area contributed by atoms with Crippen LogP contribution < -0.4 is 10.5 Å². The molecule has 1 aliphatic rings. The lowest BCUT2D eigenvalue weighted by atomic mass is 10.0. The summed E-state index contributed by atoms with van der Waals surface area (Å²) in [7, 11) is 0. The fraction of sp³-hybridized carbons (Fsp3) is 0.174. The molecule has 5 heteroatoms. The van der Waals surface area contributed by atoms with E-state index in [0.717, 1.165) is 45.7 Å². The van der Waals surface area contributed by atoms with Gasteiger partial charge in [0.15, 0.2) is 5.78 Å². The van der Waals surface area contributed by atoms with Crippen molar-refractivity contribution in [3.63, 3.8) is 0 Å². The summed E-state index contributed by atoms with van der Waals surface area (Å²) in [5.41, 5.74) is 11.2. The summed E-state index contributed by atoms with van der Waals surface area (Å²) in [6, 6.07) is 15.0. The zero-order valence-electron chi connectivity index (χ0n) is 15.6. The monoisotopic (exact) mass is 372 g/mol. The molecule has 4 rings (SSSR count). The summed E-state index contributed by atoms with van der Waals surface area (Å²) in [6.45, 7) is 2.24. The number of fused-ring (bicyclic) bond motifs is 1. The second-order valence-corrected chi connectivity index (χ2v) is 6.94. The van der Waals surface area contributed by atoms with Gasteiger partial charge < -0.3 is 10.5 Å². The van der Waals surface area contributed by atoms with Crippen LogP contribution in [0, 0.1) is 6.92 Å². The van der Waals surface area contributed by atoms with E-state index in [1.807, 2.05) is 49.4 Å². The molecular weight excluding hydrogens is 352 g/mol. The van der Waals surface area contributed by atoms with Gasteiger partial charge in [-0.25, -0.2) is 0 Å². The number of hydrogen-bond donors (Lipinski definition) is 1. The zero-order valence-corrected chi connectivity index (χ0v) is 15.6. The first-order valence-corrected chi connectivity index (χ1v) is 9.16. The number of carbonyl (C=O) groups is 2. The molecule has 1 aromatic heterocycles. The summed E-state index contributed by atoms with van der Waals surface area (Å²) < 4.78 is 6.01. The predicted molar refractivity (Wildman–Crippen MR) is 106 cm³/mol. The Balaban J connectivity index is 1.55. The Bertz CT molecular complexity index is 1090. The highest BCUT2D eigenvalue weighted by molar-refractivity contribution is 6.01. The lowest BCUT2D eigenvalue weighted by Gasteiger charge is -2.11. The number of amides is 1. The van der Waals surface area contributed by atoms with Crippen LogP contribution in [0.25, 0.3) is 11.3 Å². The number of hydrogen-bond acceptors (Lipinski definition) is 4. The normalized spacial score (nSPS) is 12.7. The lowest BCUT2D eigenvalue weighted by Crippen LogP contribution is -2.12. The number of aromatic nitrogens is 1. The van der Waals surface area contributed by atoms with E-state index in [2.05, 4.69) is 4.98 Å². The summed E-state index contributed by atoms with van der Waals surface area (Å²) >= 11 is 0. The van der Waals surface area contributed by atoms with Crippen molar-refractivity contribution in [3.8, 4) is 17.0 Å². The number of pyridine rings is 1. The quantitative estimate of drug-likeness (QED) is 0.737. The highest BCUT2D eigenvalue weighted by Crippen LogP contribution is 2.31. The van der Waals surface area contributed by atoms with Gasteiger partial charge in [-0.15, -0.1) is 0 Å². The minimum absolute atomic E-state index is 0.182. The fourth-order valence-corrected chi connectivity index (χ4v) is 3.58. The molecular formula is C23H20N2O3. The topological polar surface area (TPSA) is 82.3 Å². The zero-order chi connectivity index (χ0) is 19.7. The SMILES string of the molecule is Cc1cc(-c2cc(COc3cccc4c3CCC4=O)ccn2)ccc1C(N)=O. The van der Waals surface area contributed by atoms with Crippen molar-refractivity contribution < 1.29 is 14.3 Å². The summed E-state index contributed by atoms with van der Waals surface area (Å²) in [6.07, 6.45) is 3.03. The third kappa shape index (κ3) is 3.39. The number of nitrogens with zero attached hydrogens (tertiary/aromatic N) is 1. The first kappa shape index (κ1) is 17.9. The Morgan fingerprint density at radius 2 is 2.00 bits per heavy atom. The van der Waals surface area contributed by atoms with Crippen LogP contribution in [-0.2, 0) is 13.0 Å². The standard InChI is InChI=1S/C23H20N2O3/c1-14-11-16(5-6-17(14)23(24)27)20-12-15(9-10-25-20)13-28-22-4-2-3-18-19(22)7-8-21(18)26/h2-6,9-12H,7-8,13H2,1H3,(H2,24,27). The summed E-state index contributed by atoms with van der Waals surface area (Å²) in [5, 5.41) is 0. The molecule has 1 amide bonds. The fourth-order valence-electron chi connectivity index (χ4n) is 3.58. The van der Waals surface area contributed by atoms with Gasteiger partial charge in [0.25, 0.3) is 0 Å². The highest BCUT2D eigenvalue weighted by atomic mass is 16.5. The molecule has 28 heavy (non-hydrogen) atoms. The molecule has 0 aliphatic heterocycles. The van der Waals surface area contributed by atoms with Crippen molar-refractivity contribution in [2.75, 3.05) is 0 Å². The molecule has 0 saturated heterocycles. The molecule has 0 saturated carbocycles. The number of carbonyl (C=O) groups excluding carboxylic acids is 2. The second-order valence-electron chi connectivity index (χ2n) is 6.94. The van der Waals surface area contributed by atoms with Crippen LogP contribution in [0.4, 0.5) is 0 Å². The van der Waals surface area contributed by atoms with E-state index in [9.17, 15) is 9.59 Å². The van der Waals surface area contributed by atoms with Crippen LogP contribution in [0.15, 0.2) is 54.7 Å². The van der Waals surface area contributed by atoms with Gasteiger partial charge in [0.2, 0.25) is 5.91 Å². The van der Waals surface area contributed by atoms with E-state index in [1.165, 1.54) is 0 Å². The Morgan fingerprint density at radius 1 is 1.14 bits per heavy atom. The van der Waals surface area contributed by atoms with Crippen LogP contribution in [-0.4, -0.2) is 16.7 Å². The average molecular weight is 372 g/mol. The number of Topliss-reactive ketones (excluding diaryl/α,β-unsaturated/α-hetero) is 1. The lowest BCUT2D eigenvalue weighted by molar-refractivity contribution is 0.0988. The molecule has 0 unspecified atom stereocenters.